The molecule has 0 aliphatic carbocycles. The molecule has 0 unspecified atom stereocenters. The number of thioether (sulfide) groups is 1. The van der Waals surface area contributed by atoms with Crippen molar-refractivity contribution in [2.75, 3.05) is 19.0 Å². The molecule has 0 N–H and O–H groups in total. The van der Waals surface area contributed by atoms with E-state index in [0.717, 1.165) is 29.4 Å². The van der Waals surface area contributed by atoms with Crippen molar-refractivity contribution in [3.8, 4) is 11.5 Å². The van der Waals surface area contributed by atoms with Crippen LogP contribution in [0.3, 0.4) is 0 Å². The van der Waals surface area contributed by atoms with Crippen LogP contribution < -0.4 is 9.47 Å². The Hall–Kier alpha value is -2.80. The number of carbonyl (C=O) groups excluding carboxylic acids is 1. The summed E-state index contributed by atoms with van der Waals surface area (Å²) < 4.78 is 13.4. The lowest BCUT2D eigenvalue weighted by Gasteiger charge is -2.12. The fraction of sp³-hybridized carbons (Fsp3) is 0.286. The first-order chi connectivity index (χ1) is 13.7. The van der Waals surface area contributed by atoms with Gasteiger partial charge in [-0.1, -0.05) is 42.1 Å². The Labute approximate surface area is 168 Å². The third kappa shape index (κ3) is 5.13. The highest BCUT2D eigenvalue weighted by atomic mass is 32.2. The lowest BCUT2D eigenvalue weighted by Crippen LogP contribution is -2.05. The van der Waals surface area contributed by atoms with E-state index in [9.17, 15) is 4.79 Å². The zero-order chi connectivity index (χ0) is 19.8. The van der Waals surface area contributed by atoms with Gasteiger partial charge in [-0.2, -0.15) is 0 Å². The molecule has 3 rings (SSSR count). The highest BCUT2D eigenvalue weighted by Crippen LogP contribution is 2.28. The average Bonchev–Trinajstić information content (AvgIpc) is 3.06. The summed E-state index contributed by atoms with van der Waals surface area (Å²) in [7, 11) is 1.98. The Kier molecular flexibility index (Phi) is 7.08. The predicted molar refractivity (Wildman–Crippen MR) is 109 cm³/mol. The standard InChI is InChI=1S/C21H23N3O3S/c1-3-26-19-13-17(15-25)9-10-18(19)27-11-12-28-21-23-22-20(24(21)2)14-16-7-5-4-6-8-16/h4-10,13,15H,3,11-12,14H2,1-2H3. The molecule has 0 aliphatic rings. The van der Waals surface area contributed by atoms with E-state index in [1.165, 1.54) is 5.56 Å². The van der Waals surface area contributed by atoms with Gasteiger partial charge in [0.1, 0.15) is 12.1 Å². The van der Waals surface area contributed by atoms with Crippen molar-refractivity contribution in [2.24, 2.45) is 7.05 Å². The highest BCUT2D eigenvalue weighted by Gasteiger charge is 2.11. The first-order valence-electron chi connectivity index (χ1n) is 9.11. The predicted octanol–water partition coefficient (Wildman–Crippen LogP) is 3.79. The Bertz CT molecular complexity index is 913. The average molecular weight is 398 g/mol. The van der Waals surface area contributed by atoms with Crippen molar-refractivity contribution in [3.05, 3.63) is 65.5 Å². The number of rotatable bonds is 10. The van der Waals surface area contributed by atoms with Gasteiger partial charge in [-0.25, -0.2) is 0 Å². The van der Waals surface area contributed by atoms with E-state index in [2.05, 4.69) is 22.3 Å². The highest BCUT2D eigenvalue weighted by molar-refractivity contribution is 7.99. The number of carbonyl (C=O) groups is 1. The zero-order valence-electron chi connectivity index (χ0n) is 16.0. The molecule has 0 spiro atoms. The quantitative estimate of drug-likeness (QED) is 0.295. The summed E-state index contributed by atoms with van der Waals surface area (Å²) >= 11 is 1.59. The van der Waals surface area contributed by atoms with E-state index in [4.69, 9.17) is 9.47 Å². The molecule has 0 saturated carbocycles. The van der Waals surface area contributed by atoms with Crippen molar-refractivity contribution in [1.82, 2.24) is 14.8 Å². The Morgan fingerprint density at radius 2 is 1.89 bits per heavy atom. The lowest BCUT2D eigenvalue weighted by atomic mass is 10.1. The molecule has 0 fully saturated rings. The van der Waals surface area contributed by atoms with E-state index in [1.807, 2.05) is 36.7 Å². The van der Waals surface area contributed by atoms with Crippen molar-refractivity contribution < 1.29 is 14.3 Å². The minimum atomic E-state index is 0.492. The summed E-state index contributed by atoms with van der Waals surface area (Å²) in [5.41, 5.74) is 1.77. The van der Waals surface area contributed by atoms with Crippen molar-refractivity contribution in [2.45, 2.75) is 18.5 Å². The molecule has 6 nitrogen and oxygen atoms in total. The van der Waals surface area contributed by atoms with Gasteiger partial charge in [0, 0.05) is 24.8 Å². The van der Waals surface area contributed by atoms with Crippen LogP contribution in [0.2, 0.25) is 0 Å². The van der Waals surface area contributed by atoms with Gasteiger partial charge >= 0.3 is 0 Å². The Morgan fingerprint density at radius 1 is 1.07 bits per heavy atom. The molecule has 1 aromatic heterocycles. The van der Waals surface area contributed by atoms with E-state index >= 15 is 0 Å². The number of nitrogens with zero attached hydrogens (tertiary/aromatic N) is 3. The molecule has 2 aromatic carbocycles. The molecule has 28 heavy (non-hydrogen) atoms. The van der Waals surface area contributed by atoms with Gasteiger partial charge in [0.25, 0.3) is 0 Å². The van der Waals surface area contributed by atoms with Crippen molar-refractivity contribution in [1.29, 1.82) is 0 Å². The third-order valence-corrected chi connectivity index (χ3v) is 5.09. The lowest BCUT2D eigenvalue weighted by molar-refractivity contribution is 0.112. The first-order valence-corrected chi connectivity index (χ1v) is 10.1. The third-order valence-electron chi connectivity index (χ3n) is 4.11. The van der Waals surface area contributed by atoms with Crippen LogP contribution in [0.25, 0.3) is 0 Å². The molecule has 0 radical (unpaired) electrons. The van der Waals surface area contributed by atoms with Crippen LogP contribution in [0.5, 0.6) is 11.5 Å². The number of hydrogen-bond acceptors (Lipinski definition) is 6. The number of aldehydes is 1. The molecule has 0 atom stereocenters. The molecule has 0 aliphatic heterocycles. The topological polar surface area (TPSA) is 66.2 Å². The van der Waals surface area contributed by atoms with E-state index < -0.39 is 0 Å². The van der Waals surface area contributed by atoms with Crippen LogP contribution in [0.15, 0.2) is 53.7 Å². The fourth-order valence-electron chi connectivity index (χ4n) is 2.67. The van der Waals surface area contributed by atoms with Gasteiger partial charge in [-0.05, 0) is 30.7 Å². The summed E-state index contributed by atoms with van der Waals surface area (Å²) in [5, 5.41) is 9.44. The van der Waals surface area contributed by atoms with Crippen LogP contribution in [-0.4, -0.2) is 40.0 Å². The summed E-state index contributed by atoms with van der Waals surface area (Å²) in [6.07, 6.45) is 1.55. The molecule has 7 heteroatoms. The monoisotopic (exact) mass is 397 g/mol. The fourth-order valence-corrected chi connectivity index (χ4v) is 3.42. The second-order valence-corrected chi connectivity index (χ2v) is 7.14. The molecule has 0 amide bonds. The second kappa shape index (κ2) is 9.94. The van der Waals surface area contributed by atoms with Crippen LogP contribution in [0.4, 0.5) is 0 Å². The summed E-state index contributed by atoms with van der Waals surface area (Å²) in [6, 6.07) is 15.4. The van der Waals surface area contributed by atoms with Crippen molar-refractivity contribution in [3.63, 3.8) is 0 Å². The van der Waals surface area contributed by atoms with Crippen LogP contribution in [-0.2, 0) is 13.5 Å². The molecular formula is C21H23N3O3S. The normalized spacial score (nSPS) is 10.6. The van der Waals surface area contributed by atoms with Crippen LogP contribution in [0, 0.1) is 0 Å². The van der Waals surface area contributed by atoms with Gasteiger partial charge < -0.3 is 14.0 Å². The van der Waals surface area contributed by atoms with Gasteiger partial charge in [-0.15, -0.1) is 10.2 Å². The summed E-state index contributed by atoms with van der Waals surface area (Å²) in [6.45, 7) is 2.90. The number of aromatic nitrogens is 3. The van der Waals surface area contributed by atoms with E-state index in [-0.39, 0.29) is 0 Å². The minimum absolute atomic E-state index is 0.492. The zero-order valence-corrected chi connectivity index (χ0v) is 16.8. The van der Waals surface area contributed by atoms with E-state index in [0.29, 0.717) is 30.3 Å². The second-order valence-electron chi connectivity index (χ2n) is 6.07. The molecule has 146 valence electrons. The molecule has 0 bridgehead atoms. The number of benzene rings is 2. The number of hydrogen-bond donors (Lipinski definition) is 0. The largest absolute Gasteiger partial charge is 0.490 e. The Balaban J connectivity index is 1.54. The maximum Gasteiger partial charge on any atom is 0.191 e. The van der Waals surface area contributed by atoms with Gasteiger partial charge in [0.05, 0.1) is 13.2 Å². The van der Waals surface area contributed by atoms with Gasteiger partial charge in [0.2, 0.25) is 0 Å². The summed E-state index contributed by atoms with van der Waals surface area (Å²) in [5.74, 6) is 2.87. The van der Waals surface area contributed by atoms with Crippen molar-refractivity contribution >= 4 is 18.0 Å². The van der Waals surface area contributed by atoms with Gasteiger partial charge in [-0.3, -0.25) is 4.79 Å². The Morgan fingerprint density at radius 3 is 2.64 bits per heavy atom. The SMILES string of the molecule is CCOc1cc(C=O)ccc1OCCSc1nnc(Cc2ccccc2)n1C. The van der Waals surface area contributed by atoms with Gasteiger partial charge in [0.15, 0.2) is 16.7 Å². The minimum Gasteiger partial charge on any atom is -0.490 e. The van der Waals surface area contributed by atoms with Crippen LogP contribution in [0.1, 0.15) is 28.7 Å². The summed E-state index contributed by atoms with van der Waals surface area (Å²) in [4.78, 5) is 10.9. The maximum absolute atomic E-state index is 10.9. The van der Waals surface area contributed by atoms with Crippen LogP contribution >= 0.6 is 11.8 Å². The first kappa shape index (κ1) is 19.9. The maximum atomic E-state index is 10.9. The smallest absolute Gasteiger partial charge is 0.191 e. The number of ether oxygens (including phenoxy) is 2. The molecule has 0 saturated heterocycles. The molecule has 1 heterocycles. The van der Waals surface area contributed by atoms with E-state index in [1.54, 1.807) is 30.0 Å². The molecular weight excluding hydrogens is 374 g/mol. The molecule has 3 aromatic rings.